The minimum atomic E-state index is 0.467. The maximum atomic E-state index is 4.37. The Morgan fingerprint density at radius 2 is 2.20 bits per heavy atom. The molecule has 0 aromatic rings. The van der Waals surface area contributed by atoms with Crippen LogP contribution in [0.4, 0.5) is 0 Å². The molecule has 0 heteroatoms. The lowest BCUT2D eigenvalue weighted by molar-refractivity contribution is 0.241. The Morgan fingerprint density at radius 3 is 2.73 bits per heavy atom. The molecule has 2 aliphatic carbocycles. The van der Waals surface area contributed by atoms with Gasteiger partial charge in [-0.25, -0.2) is 0 Å². The first kappa shape index (κ1) is 11.0. The summed E-state index contributed by atoms with van der Waals surface area (Å²) in [5, 5.41) is 0. The molecule has 3 atom stereocenters. The highest BCUT2D eigenvalue weighted by molar-refractivity contribution is 5.24. The molecule has 0 spiro atoms. The Hall–Kier alpha value is -0.520. The lowest BCUT2D eigenvalue weighted by atomic mass is 9.69. The molecule has 2 rings (SSSR count). The van der Waals surface area contributed by atoms with Crippen molar-refractivity contribution in [2.75, 3.05) is 0 Å². The van der Waals surface area contributed by atoms with E-state index in [0.717, 1.165) is 11.8 Å². The van der Waals surface area contributed by atoms with E-state index in [-0.39, 0.29) is 0 Å². The van der Waals surface area contributed by atoms with Crippen LogP contribution >= 0.6 is 0 Å². The zero-order valence-corrected chi connectivity index (χ0v) is 10.5. The lowest BCUT2D eigenvalue weighted by Crippen LogP contribution is -2.25. The fourth-order valence-electron chi connectivity index (χ4n) is 3.63. The Kier molecular flexibility index (Phi) is 2.79. The number of rotatable bonds is 3. The third-order valence-electron chi connectivity index (χ3n) is 4.78. The second-order valence-corrected chi connectivity index (χ2v) is 5.97. The van der Waals surface area contributed by atoms with Gasteiger partial charge in [0.1, 0.15) is 0 Å². The Balaban J connectivity index is 2.01. The summed E-state index contributed by atoms with van der Waals surface area (Å²) in [5.74, 6) is 1.81. The van der Waals surface area contributed by atoms with Crippen LogP contribution in [0.2, 0.25) is 0 Å². The van der Waals surface area contributed by atoms with Crippen molar-refractivity contribution in [1.82, 2.24) is 0 Å². The summed E-state index contributed by atoms with van der Waals surface area (Å²) in [6, 6.07) is 0. The summed E-state index contributed by atoms with van der Waals surface area (Å²) in [4.78, 5) is 0. The molecule has 0 N–H and O–H groups in total. The molecule has 0 unspecified atom stereocenters. The van der Waals surface area contributed by atoms with Crippen LogP contribution in [-0.4, -0.2) is 0 Å². The van der Waals surface area contributed by atoms with E-state index in [0.29, 0.717) is 5.41 Å². The van der Waals surface area contributed by atoms with Gasteiger partial charge in [-0.05, 0) is 63.2 Å². The van der Waals surface area contributed by atoms with Gasteiger partial charge in [0.2, 0.25) is 0 Å². The molecule has 0 radical (unpaired) electrons. The van der Waals surface area contributed by atoms with Gasteiger partial charge >= 0.3 is 0 Å². The van der Waals surface area contributed by atoms with Crippen molar-refractivity contribution in [3.8, 4) is 0 Å². The molecule has 0 heterocycles. The largest absolute Gasteiger partial charge is 0.0990 e. The van der Waals surface area contributed by atoms with E-state index in [1.807, 2.05) is 0 Å². The first-order chi connectivity index (χ1) is 7.04. The molecular weight excluding hydrogens is 180 g/mol. The number of fused-ring (bicyclic) bond motifs is 2. The van der Waals surface area contributed by atoms with E-state index in [4.69, 9.17) is 0 Å². The highest BCUT2D eigenvalue weighted by Gasteiger charge is 2.49. The fraction of sp³-hybridized carbons (Fsp3) is 0.733. The molecule has 2 fully saturated rings. The molecule has 15 heavy (non-hydrogen) atoms. The molecule has 2 bridgehead atoms. The first-order valence-corrected chi connectivity index (χ1v) is 6.36. The van der Waals surface area contributed by atoms with Gasteiger partial charge in [0, 0.05) is 0 Å². The van der Waals surface area contributed by atoms with Gasteiger partial charge < -0.3 is 0 Å². The molecule has 2 saturated carbocycles. The van der Waals surface area contributed by atoms with Gasteiger partial charge in [0.25, 0.3) is 0 Å². The molecule has 0 aromatic carbocycles. The predicted molar refractivity (Wildman–Crippen MR) is 66.7 cm³/mol. The number of allylic oxidation sites excluding steroid dienone is 3. The average molecular weight is 204 g/mol. The van der Waals surface area contributed by atoms with Crippen LogP contribution in [0.5, 0.6) is 0 Å². The molecule has 84 valence electrons. The van der Waals surface area contributed by atoms with Gasteiger partial charge in [-0.15, -0.1) is 0 Å². The zero-order valence-electron chi connectivity index (χ0n) is 10.5. The summed E-state index contributed by atoms with van der Waals surface area (Å²) in [6.07, 6.45) is 9.24. The second-order valence-electron chi connectivity index (χ2n) is 5.97. The van der Waals surface area contributed by atoms with Crippen molar-refractivity contribution in [1.29, 1.82) is 0 Å². The van der Waals surface area contributed by atoms with Crippen LogP contribution in [0.15, 0.2) is 23.8 Å². The van der Waals surface area contributed by atoms with Gasteiger partial charge in [-0.2, -0.15) is 0 Å². The van der Waals surface area contributed by atoms with E-state index >= 15 is 0 Å². The van der Waals surface area contributed by atoms with Crippen LogP contribution in [0.25, 0.3) is 0 Å². The maximum absolute atomic E-state index is 4.37. The molecule has 0 aromatic heterocycles. The Bertz CT molecular complexity index is 293. The van der Waals surface area contributed by atoms with Crippen LogP contribution in [-0.2, 0) is 0 Å². The highest BCUT2D eigenvalue weighted by Crippen LogP contribution is 2.60. The average Bonchev–Trinajstić information content (AvgIpc) is 2.70. The van der Waals surface area contributed by atoms with Gasteiger partial charge in [-0.3, -0.25) is 0 Å². The standard InChI is InChI=1S/C15H24/c1-11(2)6-5-9-15(4)12(3)13-7-8-14(15)10-13/h6,13-14H,3,5,7-10H2,1-2,4H3/t13-,14-,15-/m0/s1. The molecule has 0 saturated heterocycles. The molecule has 0 nitrogen and oxygen atoms in total. The van der Waals surface area contributed by atoms with Gasteiger partial charge in [-0.1, -0.05) is 30.7 Å². The lowest BCUT2D eigenvalue weighted by Gasteiger charge is -2.36. The smallest absolute Gasteiger partial charge is 0.00849 e. The minimum Gasteiger partial charge on any atom is -0.0990 e. The fourth-order valence-corrected chi connectivity index (χ4v) is 3.63. The Morgan fingerprint density at radius 1 is 1.47 bits per heavy atom. The summed E-state index contributed by atoms with van der Waals surface area (Å²) in [6.45, 7) is 11.2. The third kappa shape index (κ3) is 1.79. The van der Waals surface area contributed by atoms with E-state index in [9.17, 15) is 0 Å². The van der Waals surface area contributed by atoms with Crippen molar-refractivity contribution in [3.05, 3.63) is 23.8 Å². The van der Waals surface area contributed by atoms with Crippen molar-refractivity contribution in [2.24, 2.45) is 17.3 Å². The molecule has 0 aliphatic heterocycles. The predicted octanol–water partition coefficient (Wildman–Crippen LogP) is 4.73. The summed E-state index contributed by atoms with van der Waals surface area (Å²) >= 11 is 0. The molecule has 2 aliphatic rings. The normalized spacial score (nSPS) is 38.5. The van der Waals surface area contributed by atoms with E-state index < -0.39 is 0 Å². The Labute approximate surface area is 94.5 Å². The molecule has 0 amide bonds. The zero-order chi connectivity index (χ0) is 11.1. The van der Waals surface area contributed by atoms with Crippen molar-refractivity contribution >= 4 is 0 Å². The van der Waals surface area contributed by atoms with Crippen LogP contribution in [0.1, 0.15) is 52.9 Å². The summed E-state index contributed by atoms with van der Waals surface area (Å²) in [7, 11) is 0. The third-order valence-corrected chi connectivity index (χ3v) is 4.78. The summed E-state index contributed by atoms with van der Waals surface area (Å²) in [5.41, 5.74) is 3.49. The maximum Gasteiger partial charge on any atom is -0.00849 e. The summed E-state index contributed by atoms with van der Waals surface area (Å²) < 4.78 is 0. The first-order valence-electron chi connectivity index (χ1n) is 6.36. The minimum absolute atomic E-state index is 0.467. The van der Waals surface area contributed by atoms with Crippen LogP contribution in [0, 0.1) is 17.3 Å². The quantitative estimate of drug-likeness (QED) is 0.583. The van der Waals surface area contributed by atoms with Crippen molar-refractivity contribution in [2.45, 2.75) is 52.9 Å². The SMILES string of the molecule is C=C1[C@H]2CC[C@@H](C2)[C@@]1(C)CCC=C(C)C. The highest BCUT2D eigenvalue weighted by atomic mass is 14.5. The van der Waals surface area contributed by atoms with Crippen molar-refractivity contribution < 1.29 is 0 Å². The number of hydrogen-bond donors (Lipinski definition) is 0. The van der Waals surface area contributed by atoms with E-state index in [1.165, 1.54) is 37.7 Å². The van der Waals surface area contributed by atoms with Crippen LogP contribution in [0.3, 0.4) is 0 Å². The van der Waals surface area contributed by atoms with Crippen molar-refractivity contribution in [3.63, 3.8) is 0 Å². The number of hydrogen-bond acceptors (Lipinski definition) is 0. The van der Waals surface area contributed by atoms with Gasteiger partial charge in [0.15, 0.2) is 0 Å². The van der Waals surface area contributed by atoms with E-state index in [1.54, 1.807) is 5.57 Å². The topological polar surface area (TPSA) is 0 Å². The van der Waals surface area contributed by atoms with E-state index in [2.05, 4.69) is 33.4 Å². The van der Waals surface area contributed by atoms with Gasteiger partial charge in [0.05, 0.1) is 0 Å². The molecular formula is C15H24. The van der Waals surface area contributed by atoms with Crippen LogP contribution < -0.4 is 0 Å². The second kappa shape index (κ2) is 3.81. The monoisotopic (exact) mass is 204 g/mol.